The van der Waals surface area contributed by atoms with Gasteiger partial charge in [-0.2, -0.15) is 0 Å². The third kappa shape index (κ3) is 9.29. The maximum absolute atomic E-state index is 13.2. The van der Waals surface area contributed by atoms with Crippen LogP contribution in [0.2, 0.25) is 0 Å². The van der Waals surface area contributed by atoms with Crippen LogP contribution in [-0.2, 0) is 19.9 Å². The molecule has 0 radical (unpaired) electrons. The smallest absolute Gasteiger partial charge is 0.241 e. The van der Waals surface area contributed by atoms with Crippen molar-refractivity contribution in [2.45, 2.75) is 65.1 Å². The van der Waals surface area contributed by atoms with E-state index in [0.717, 1.165) is 62.3 Å². The van der Waals surface area contributed by atoms with Crippen LogP contribution < -0.4 is 5.73 Å². The van der Waals surface area contributed by atoms with Crippen molar-refractivity contribution in [2.75, 3.05) is 13.1 Å². The lowest BCUT2D eigenvalue weighted by molar-refractivity contribution is -0.137. The van der Waals surface area contributed by atoms with Gasteiger partial charge in [0, 0.05) is 36.2 Å². The van der Waals surface area contributed by atoms with E-state index < -0.39 is 17.5 Å². The van der Waals surface area contributed by atoms with Gasteiger partial charge in [0.15, 0.2) is 0 Å². The first-order chi connectivity index (χ1) is 18.9. The van der Waals surface area contributed by atoms with Gasteiger partial charge in [-0.1, -0.05) is 45.7 Å². The average Bonchev–Trinajstić information content (AvgIpc) is 3.65. The standard InChI is InChI=1S/C20H28FNO2.C5H3F2N.C5H8N2O/c1-4-6-7-15(5-2)19(23)22-12-14(3)20(18(13-22)24-20)16-8-10-17(21)11-9-16;6-4-1-5(7)3-8-2-4;1-4(6)2-3-5(7)8/h8-11,14-15,18H,4-7,12-13H2,1-3H3;1-3H;2-3,6H,1H3,(H2,7,8)/b;;3-2-,6-4?. The molecular weight excluding hydrogens is 521 g/mol. The molecule has 1 aromatic heterocycles. The van der Waals surface area contributed by atoms with E-state index in [-0.39, 0.29) is 35.3 Å². The number of epoxide rings is 1. The maximum atomic E-state index is 13.2. The van der Waals surface area contributed by atoms with E-state index in [4.69, 9.17) is 15.9 Å². The number of benzene rings is 1. The number of allylic oxidation sites excluding steroid dienone is 1. The van der Waals surface area contributed by atoms with Gasteiger partial charge >= 0.3 is 0 Å². The number of nitrogens with two attached hydrogens (primary N) is 1. The highest BCUT2D eigenvalue weighted by molar-refractivity contribution is 5.97. The van der Waals surface area contributed by atoms with Crippen molar-refractivity contribution in [3.05, 3.63) is 77.9 Å². The summed E-state index contributed by atoms with van der Waals surface area (Å²) in [5, 5.41) is 6.79. The summed E-state index contributed by atoms with van der Waals surface area (Å²) in [6.45, 7) is 9.34. The number of carbonyl (C=O) groups is 2. The lowest BCUT2D eigenvalue weighted by atomic mass is 9.80. The van der Waals surface area contributed by atoms with Crippen LogP contribution in [0.4, 0.5) is 13.2 Å². The number of carbonyl (C=O) groups excluding carboxylic acids is 2. The number of likely N-dealkylation sites (tertiary alicyclic amines) is 1. The first kappa shape index (κ1) is 32.7. The minimum Gasteiger partial charge on any atom is -0.366 e. The van der Waals surface area contributed by atoms with Gasteiger partial charge in [-0.25, -0.2) is 13.2 Å². The molecule has 0 spiro atoms. The number of hydrogen-bond acceptors (Lipinski definition) is 5. The molecule has 2 amide bonds. The topological polar surface area (TPSA) is 113 Å². The molecule has 10 heteroatoms. The van der Waals surface area contributed by atoms with E-state index in [1.807, 2.05) is 17.0 Å². The Labute approximate surface area is 234 Å². The van der Waals surface area contributed by atoms with Crippen LogP contribution in [0.1, 0.15) is 58.9 Å². The average molecular weight is 561 g/mol. The van der Waals surface area contributed by atoms with Crippen molar-refractivity contribution >= 4 is 17.5 Å². The summed E-state index contributed by atoms with van der Waals surface area (Å²) in [4.78, 5) is 28.0. The summed E-state index contributed by atoms with van der Waals surface area (Å²) >= 11 is 0. The quantitative estimate of drug-likeness (QED) is 0.251. The Kier molecular flexibility index (Phi) is 12.5. The molecule has 0 bridgehead atoms. The lowest BCUT2D eigenvalue weighted by Crippen LogP contribution is -2.48. The fourth-order valence-electron chi connectivity index (χ4n) is 4.78. The number of unbranched alkanes of at least 4 members (excludes halogenated alkanes) is 1. The number of nitrogens with one attached hydrogen (secondary N) is 1. The van der Waals surface area contributed by atoms with E-state index >= 15 is 0 Å². The molecule has 7 nitrogen and oxygen atoms in total. The Morgan fingerprint density at radius 2 is 1.75 bits per heavy atom. The van der Waals surface area contributed by atoms with Crippen molar-refractivity contribution in [3.63, 3.8) is 0 Å². The Balaban J connectivity index is 0.000000286. The molecule has 2 aromatic rings. The van der Waals surface area contributed by atoms with Crippen molar-refractivity contribution in [1.29, 1.82) is 5.41 Å². The normalized spacial score (nSPS) is 21.7. The van der Waals surface area contributed by atoms with Crippen LogP contribution in [0.25, 0.3) is 0 Å². The molecule has 0 aliphatic carbocycles. The Morgan fingerprint density at radius 1 is 1.12 bits per heavy atom. The number of piperidine rings is 1. The largest absolute Gasteiger partial charge is 0.366 e. The van der Waals surface area contributed by atoms with Gasteiger partial charge in [0.1, 0.15) is 29.2 Å². The number of pyridine rings is 1. The zero-order valence-electron chi connectivity index (χ0n) is 23.5. The fourth-order valence-corrected chi connectivity index (χ4v) is 4.78. The second-order valence-corrected chi connectivity index (χ2v) is 10.0. The second kappa shape index (κ2) is 15.3. The van der Waals surface area contributed by atoms with Crippen molar-refractivity contribution in [2.24, 2.45) is 17.6 Å². The molecule has 3 heterocycles. The number of primary amides is 1. The molecular formula is C30H39F3N4O3. The molecule has 2 saturated heterocycles. The van der Waals surface area contributed by atoms with Gasteiger partial charge in [0.25, 0.3) is 0 Å². The predicted molar refractivity (Wildman–Crippen MR) is 148 cm³/mol. The summed E-state index contributed by atoms with van der Waals surface area (Å²) in [5.41, 5.74) is 5.75. The summed E-state index contributed by atoms with van der Waals surface area (Å²) < 4.78 is 43.0. The molecule has 40 heavy (non-hydrogen) atoms. The van der Waals surface area contributed by atoms with Crippen molar-refractivity contribution < 1.29 is 27.5 Å². The number of rotatable bonds is 8. The highest BCUT2D eigenvalue weighted by atomic mass is 19.1. The zero-order chi connectivity index (χ0) is 29.9. The summed E-state index contributed by atoms with van der Waals surface area (Å²) in [6, 6.07) is 7.39. The highest BCUT2D eigenvalue weighted by Crippen LogP contribution is 2.55. The molecule has 4 unspecified atom stereocenters. The number of nitrogens with zero attached hydrogens (tertiary/aromatic N) is 2. The minimum atomic E-state index is -0.648. The molecule has 1 aromatic carbocycles. The minimum absolute atomic E-state index is 0.0411. The first-order valence-corrected chi connectivity index (χ1v) is 13.5. The van der Waals surface area contributed by atoms with E-state index in [2.05, 4.69) is 25.8 Å². The summed E-state index contributed by atoms with van der Waals surface area (Å²) in [5.74, 6) is -1.41. The molecule has 2 aliphatic heterocycles. The van der Waals surface area contributed by atoms with Gasteiger partial charge in [-0.05, 0) is 43.5 Å². The number of ether oxygens (including phenoxy) is 1. The second-order valence-electron chi connectivity index (χ2n) is 10.0. The molecule has 218 valence electrons. The van der Waals surface area contributed by atoms with E-state index in [0.29, 0.717) is 12.3 Å². The van der Waals surface area contributed by atoms with E-state index in [1.54, 1.807) is 6.92 Å². The highest BCUT2D eigenvalue weighted by Gasteiger charge is 2.64. The third-order valence-corrected chi connectivity index (χ3v) is 6.90. The molecule has 2 fully saturated rings. The van der Waals surface area contributed by atoms with Crippen LogP contribution >= 0.6 is 0 Å². The van der Waals surface area contributed by atoms with Gasteiger partial charge < -0.3 is 20.8 Å². The lowest BCUT2D eigenvalue weighted by Gasteiger charge is -2.35. The Hall–Kier alpha value is -3.53. The molecule has 2 aliphatic rings. The van der Waals surface area contributed by atoms with Crippen LogP contribution in [-0.4, -0.2) is 46.6 Å². The molecule has 4 atom stereocenters. The van der Waals surface area contributed by atoms with Gasteiger partial charge in [-0.3, -0.25) is 14.6 Å². The summed E-state index contributed by atoms with van der Waals surface area (Å²) in [6.07, 6.45) is 8.55. The summed E-state index contributed by atoms with van der Waals surface area (Å²) in [7, 11) is 0. The number of fused-ring (bicyclic) bond motifs is 1. The number of halogens is 3. The van der Waals surface area contributed by atoms with Gasteiger partial charge in [0.2, 0.25) is 11.8 Å². The van der Waals surface area contributed by atoms with Crippen LogP contribution in [0.3, 0.4) is 0 Å². The third-order valence-electron chi connectivity index (χ3n) is 6.90. The maximum Gasteiger partial charge on any atom is 0.241 e. The van der Waals surface area contributed by atoms with E-state index in [1.165, 1.54) is 18.2 Å². The molecule has 0 saturated carbocycles. The van der Waals surface area contributed by atoms with Crippen LogP contribution in [0, 0.1) is 34.7 Å². The van der Waals surface area contributed by atoms with Gasteiger partial charge in [-0.15, -0.1) is 0 Å². The Morgan fingerprint density at radius 3 is 2.17 bits per heavy atom. The first-order valence-electron chi connectivity index (χ1n) is 13.5. The SMILES string of the molecule is CC(=N)/C=C\C(N)=O.CCCCC(CC)C(=O)N1CC(C)C2(c3ccc(F)cc3)OC2C1.Fc1cncc(F)c1. The van der Waals surface area contributed by atoms with Crippen molar-refractivity contribution in [3.8, 4) is 0 Å². The monoisotopic (exact) mass is 560 g/mol. The van der Waals surface area contributed by atoms with Crippen LogP contribution in [0.15, 0.2) is 54.9 Å². The number of amides is 2. The fraction of sp³-hybridized carbons (Fsp3) is 0.467. The van der Waals surface area contributed by atoms with E-state index in [9.17, 15) is 22.8 Å². The molecule has 4 rings (SSSR count). The van der Waals surface area contributed by atoms with Crippen LogP contribution in [0.5, 0.6) is 0 Å². The Bertz CT molecular complexity index is 1140. The predicted octanol–water partition coefficient (Wildman–Crippen LogP) is 5.54. The number of hydrogen-bond donors (Lipinski definition) is 2. The zero-order valence-corrected chi connectivity index (χ0v) is 23.5. The molecule has 3 N–H and O–H groups in total. The van der Waals surface area contributed by atoms with Crippen molar-refractivity contribution in [1.82, 2.24) is 9.88 Å². The van der Waals surface area contributed by atoms with Gasteiger partial charge in [0.05, 0.1) is 18.9 Å². The number of aromatic nitrogens is 1.